The summed E-state index contributed by atoms with van der Waals surface area (Å²) in [5.74, 6) is -0.331. The van der Waals surface area contributed by atoms with E-state index in [1.165, 1.54) is 15.3 Å². The summed E-state index contributed by atoms with van der Waals surface area (Å²) >= 11 is 0. The van der Waals surface area contributed by atoms with Gasteiger partial charge in [0.1, 0.15) is 12.2 Å². The van der Waals surface area contributed by atoms with Gasteiger partial charge < -0.3 is 5.32 Å². The first kappa shape index (κ1) is 20.1. The highest BCUT2D eigenvalue weighted by Gasteiger charge is 2.23. The van der Waals surface area contributed by atoms with E-state index in [1.54, 1.807) is 12.1 Å². The average Bonchev–Trinajstić information content (AvgIpc) is 2.71. The van der Waals surface area contributed by atoms with Crippen LogP contribution in [-0.4, -0.2) is 20.0 Å². The smallest absolute Gasteiger partial charge is 0.325 e. The van der Waals surface area contributed by atoms with E-state index >= 15 is 0 Å². The minimum Gasteiger partial charge on any atom is -0.325 e. The molecule has 3 aromatic rings. The van der Waals surface area contributed by atoms with Crippen LogP contribution in [0.2, 0.25) is 0 Å². The number of carbonyl (C=O) groups excluding carboxylic acids is 1. The number of anilines is 1. The highest BCUT2D eigenvalue weighted by molar-refractivity contribution is 5.91. The van der Waals surface area contributed by atoms with E-state index in [9.17, 15) is 14.4 Å². The van der Waals surface area contributed by atoms with E-state index in [4.69, 9.17) is 0 Å². The molecule has 0 spiro atoms. The Morgan fingerprint density at radius 2 is 1.80 bits per heavy atom. The van der Waals surface area contributed by atoms with Crippen LogP contribution in [0.3, 0.4) is 0 Å². The number of aryl methyl sites for hydroxylation is 2. The molecule has 1 saturated carbocycles. The standard InChI is InChI=1S/C23H26N4O3/c1-15-11-16(2)13-17(12-15)25-20(28)14-26-21-19(9-6-10-24-21)22(29)27(23(26)30)18-7-4-3-5-8-18/h6,9-13,18H,3-5,7-8,14H2,1-2H3,(H,25,28). The van der Waals surface area contributed by atoms with Gasteiger partial charge in [-0.3, -0.25) is 18.7 Å². The Hall–Kier alpha value is -3.22. The average molecular weight is 406 g/mol. The third kappa shape index (κ3) is 3.92. The molecule has 0 aliphatic heterocycles. The van der Waals surface area contributed by atoms with Crippen molar-refractivity contribution >= 4 is 22.6 Å². The third-order valence-corrected chi connectivity index (χ3v) is 5.68. The first-order valence-corrected chi connectivity index (χ1v) is 10.4. The number of rotatable bonds is 4. The fourth-order valence-electron chi connectivity index (χ4n) is 4.41. The lowest BCUT2D eigenvalue weighted by molar-refractivity contribution is -0.116. The van der Waals surface area contributed by atoms with Crippen LogP contribution < -0.4 is 16.6 Å². The number of carbonyl (C=O) groups is 1. The predicted molar refractivity (Wildman–Crippen MR) is 117 cm³/mol. The second kappa shape index (κ2) is 8.26. The summed E-state index contributed by atoms with van der Waals surface area (Å²) in [5.41, 5.74) is 2.23. The van der Waals surface area contributed by atoms with Crippen molar-refractivity contribution in [2.75, 3.05) is 5.32 Å². The normalized spacial score (nSPS) is 14.7. The number of hydrogen-bond donors (Lipinski definition) is 1. The molecule has 2 heterocycles. The molecule has 156 valence electrons. The van der Waals surface area contributed by atoms with Gasteiger partial charge in [-0.1, -0.05) is 25.3 Å². The van der Waals surface area contributed by atoms with Crippen molar-refractivity contribution in [2.45, 2.75) is 58.5 Å². The van der Waals surface area contributed by atoms with E-state index in [1.807, 2.05) is 32.0 Å². The van der Waals surface area contributed by atoms with Gasteiger partial charge in [0.25, 0.3) is 5.56 Å². The lowest BCUT2D eigenvalue weighted by atomic mass is 9.95. The summed E-state index contributed by atoms with van der Waals surface area (Å²) in [6.07, 6.45) is 6.24. The lowest BCUT2D eigenvalue weighted by Crippen LogP contribution is -2.44. The summed E-state index contributed by atoms with van der Waals surface area (Å²) in [4.78, 5) is 43.4. The van der Waals surface area contributed by atoms with Crippen LogP contribution in [0.4, 0.5) is 5.69 Å². The molecular formula is C23H26N4O3. The predicted octanol–water partition coefficient (Wildman–Crippen LogP) is 3.32. The summed E-state index contributed by atoms with van der Waals surface area (Å²) in [7, 11) is 0. The van der Waals surface area contributed by atoms with Crippen molar-refractivity contribution in [3.05, 3.63) is 68.5 Å². The van der Waals surface area contributed by atoms with E-state index in [0.29, 0.717) is 11.1 Å². The topological polar surface area (TPSA) is 86.0 Å². The largest absolute Gasteiger partial charge is 0.333 e. The maximum absolute atomic E-state index is 13.3. The summed E-state index contributed by atoms with van der Waals surface area (Å²) in [6, 6.07) is 9.01. The van der Waals surface area contributed by atoms with Crippen LogP contribution in [0.15, 0.2) is 46.1 Å². The van der Waals surface area contributed by atoms with Crippen molar-refractivity contribution in [3.8, 4) is 0 Å². The molecule has 2 aromatic heterocycles. The molecule has 1 fully saturated rings. The van der Waals surface area contributed by atoms with Crippen LogP contribution in [0, 0.1) is 13.8 Å². The summed E-state index contributed by atoms with van der Waals surface area (Å²) in [5, 5.41) is 3.23. The quantitative estimate of drug-likeness (QED) is 0.720. The number of hydrogen-bond acceptors (Lipinski definition) is 4. The Bertz CT molecular complexity index is 1200. The van der Waals surface area contributed by atoms with Gasteiger partial charge in [0.05, 0.1) is 5.39 Å². The van der Waals surface area contributed by atoms with E-state index in [-0.39, 0.29) is 29.7 Å². The molecule has 1 aliphatic carbocycles. The molecule has 1 aromatic carbocycles. The van der Waals surface area contributed by atoms with Crippen molar-refractivity contribution in [1.82, 2.24) is 14.1 Å². The van der Waals surface area contributed by atoms with Crippen molar-refractivity contribution in [1.29, 1.82) is 0 Å². The van der Waals surface area contributed by atoms with Gasteiger partial charge in [-0.2, -0.15) is 0 Å². The molecule has 4 rings (SSSR count). The van der Waals surface area contributed by atoms with Gasteiger partial charge >= 0.3 is 5.69 Å². The molecule has 0 radical (unpaired) electrons. The molecule has 7 heteroatoms. The van der Waals surface area contributed by atoms with Gasteiger partial charge in [0.15, 0.2) is 0 Å². The van der Waals surface area contributed by atoms with E-state index in [2.05, 4.69) is 10.3 Å². The number of pyridine rings is 1. The zero-order valence-corrected chi connectivity index (χ0v) is 17.4. The SMILES string of the molecule is Cc1cc(C)cc(NC(=O)Cn2c(=O)n(C3CCCCC3)c(=O)c3cccnc32)c1. The van der Waals surface area contributed by atoms with Crippen molar-refractivity contribution in [2.24, 2.45) is 0 Å². The first-order chi connectivity index (χ1) is 14.4. The highest BCUT2D eigenvalue weighted by Crippen LogP contribution is 2.26. The molecular weight excluding hydrogens is 380 g/mol. The van der Waals surface area contributed by atoms with Crippen molar-refractivity contribution < 1.29 is 4.79 Å². The molecule has 1 N–H and O–H groups in total. The maximum atomic E-state index is 13.3. The number of fused-ring (bicyclic) bond motifs is 1. The second-order valence-corrected chi connectivity index (χ2v) is 8.13. The fraction of sp³-hybridized carbons (Fsp3) is 0.391. The zero-order chi connectivity index (χ0) is 21.3. The van der Waals surface area contributed by atoms with Crippen LogP contribution in [0.5, 0.6) is 0 Å². The van der Waals surface area contributed by atoms with Crippen LogP contribution >= 0.6 is 0 Å². The van der Waals surface area contributed by atoms with Crippen LogP contribution in [0.1, 0.15) is 49.3 Å². The fourth-order valence-corrected chi connectivity index (χ4v) is 4.41. The molecule has 0 unspecified atom stereocenters. The second-order valence-electron chi connectivity index (χ2n) is 8.13. The van der Waals surface area contributed by atoms with Gasteiger partial charge in [-0.25, -0.2) is 9.78 Å². The molecule has 7 nitrogen and oxygen atoms in total. The van der Waals surface area contributed by atoms with E-state index in [0.717, 1.165) is 43.2 Å². The number of nitrogens with one attached hydrogen (secondary N) is 1. The molecule has 0 bridgehead atoms. The zero-order valence-electron chi connectivity index (χ0n) is 17.4. The lowest BCUT2D eigenvalue weighted by Gasteiger charge is -2.24. The Labute approximate surface area is 174 Å². The highest BCUT2D eigenvalue weighted by atomic mass is 16.2. The summed E-state index contributed by atoms with van der Waals surface area (Å²) in [6.45, 7) is 3.72. The summed E-state index contributed by atoms with van der Waals surface area (Å²) < 4.78 is 2.66. The van der Waals surface area contributed by atoms with Crippen LogP contribution in [-0.2, 0) is 11.3 Å². The monoisotopic (exact) mass is 406 g/mol. The Balaban J connectivity index is 1.75. The molecule has 1 aliphatic rings. The molecule has 0 atom stereocenters. The number of benzene rings is 1. The van der Waals surface area contributed by atoms with E-state index < -0.39 is 5.69 Å². The van der Waals surface area contributed by atoms with Crippen molar-refractivity contribution in [3.63, 3.8) is 0 Å². The molecule has 1 amide bonds. The minimum atomic E-state index is -0.464. The molecule has 30 heavy (non-hydrogen) atoms. The van der Waals surface area contributed by atoms with Gasteiger partial charge in [-0.05, 0) is 62.1 Å². The van der Waals surface area contributed by atoms with Gasteiger partial charge in [0.2, 0.25) is 5.91 Å². The first-order valence-electron chi connectivity index (χ1n) is 10.4. The maximum Gasteiger partial charge on any atom is 0.333 e. The number of amides is 1. The Morgan fingerprint density at radius 1 is 1.10 bits per heavy atom. The van der Waals surface area contributed by atoms with Crippen LogP contribution in [0.25, 0.3) is 11.0 Å². The Morgan fingerprint density at radius 3 is 2.50 bits per heavy atom. The Kier molecular flexibility index (Phi) is 5.53. The number of nitrogens with zero attached hydrogens (tertiary/aromatic N) is 3. The number of aromatic nitrogens is 3. The third-order valence-electron chi connectivity index (χ3n) is 5.68. The van der Waals surface area contributed by atoms with Gasteiger partial charge in [0, 0.05) is 17.9 Å². The minimum absolute atomic E-state index is 0.128. The van der Waals surface area contributed by atoms with Gasteiger partial charge in [-0.15, -0.1) is 0 Å². The molecule has 0 saturated heterocycles.